The molecular weight excluding hydrogens is 456 g/mol. The number of hydrogen-bond donors (Lipinski definition) is 4. The molecule has 0 aliphatic carbocycles. The minimum Gasteiger partial charge on any atom is -0.453 e. The van der Waals surface area contributed by atoms with Crippen molar-refractivity contribution in [3.63, 3.8) is 0 Å². The smallest absolute Gasteiger partial charge is 0.269 e. The fraction of sp³-hybridized carbons (Fsp3) is 0.150. The minimum absolute atomic E-state index is 0.0437. The Morgan fingerprint density at radius 3 is 2.63 bits per heavy atom. The van der Waals surface area contributed by atoms with E-state index >= 15 is 0 Å². The summed E-state index contributed by atoms with van der Waals surface area (Å²) in [6, 6.07) is 8.92. The third-order valence-corrected chi connectivity index (χ3v) is 4.93. The number of amides is 1. The monoisotopic (exact) mass is 471 g/mol. The molecule has 0 bridgehead atoms. The summed E-state index contributed by atoms with van der Waals surface area (Å²) in [6.45, 7) is -0.227. The van der Waals surface area contributed by atoms with Gasteiger partial charge in [0.2, 0.25) is 0 Å². The molecule has 0 saturated heterocycles. The van der Waals surface area contributed by atoms with Gasteiger partial charge in [0.1, 0.15) is 11.4 Å². The van der Waals surface area contributed by atoms with Gasteiger partial charge in [0.15, 0.2) is 11.6 Å². The first-order chi connectivity index (χ1) is 14.3. The number of H-pyrrole nitrogens is 1. The van der Waals surface area contributed by atoms with E-state index in [1.54, 1.807) is 6.07 Å². The maximum absolute atomic E-state index is 15.0. The van der Waals surface area contributed by atoms with Crippen LogP contribution < -0.4 is 15.8 Å². The first kappa shape index (κ1) is 22.2. The summed E-state index contributed by atoms with van der Waals surface area (Å²) in [4.78, 5) is 15.2. The highest BCUT2D eigenvalue weighted by molar-refractivity contribution is 6.33. The van der Waals surface area contributed by atoms with Crippen LogP contribution >= 0.6 is 34.8 Å². The lowest BCUT2D eigenvalue weighted by Crippen LogP contribution is -2.24. The lowest BCUT2D eigenvalue weighted by molar-refractivity contribution is 0.0946. The van der Waals surface area contributed by atoms with Crippen molar-refractivity contribution in [1.29, 1.82) is 0 Å². The number of ether oxygens (including phenoxy) is 1. The third-order valence-electron chi connectivity index (χ3n) is 4.12. The van der Waals surface area contributed by atoms with E-state index in [2.05, 4.69) is 10.3 Å². The van der Waals surface area contributed by atoms with Crippen LogP contribution in [0.25, 0.3) is 0 Å². The highest BCUT2D eigenvalue weighted by atomic mass is 35.5. The van der Waals surface area contributed by atoms with Crippen molar-refractivity contribution < 1.29 is 19.0 Å². The molecule has 0 aliphatic heterocycles. The number of rotatable bonds is 7. The van der Waals surface area contributed by atoms with E-state index in [0.29, 0.717) is 22.8 Å². The van der Waals surface area contributed by atoms with Crippen LogP contribution in [0.15, 0.2) is 36.4 Å². The molecule has 0 atom stereocenters. The van der Waals surface area contributed by atoms with Gasteiger partial charge < -0.3 is 25.9 Å². The Morgan fingerprint density at radius 1 is 1.17 bits per heavy atom. The molecule has 6 nitrogen and oxygen atoms in total. The van der Waals surface area contributed by atoms with Crippen LogP contribution in [0.2, 0.25) is 15.1 Å². The van der Waals surface area contributed by atoms with E-state index in [9.17, 15) is 9.18 Å². The van der Waals surface area contributed by atoms with Crippen LogP contribution in [0.3, 0.4) is 0 Å². The second kappa shape index (κ2) is 9.57. The van der Waals surface area contributed by atoms with Crippen LogP contribution in [0.4, 0.5) is 10.1 Å². The number of hydrogen-bond acceptors (Lipinski definition) is 4. The van der Waals surface area contributed by atoms with Crippen LogP contribution in [0.5, 0.6) is 11.5 Å². The first-order valence-corrected chi connectivity index (χ1v) is 9.89. The van der Waals surface area contributed by atoms with Crippen molar-refractivity contribution in [3.05, 3.63) is 74.2 Å². The van der Waals surface area contributed by atoms with E-state index in [1.807, 2.05) is 0 Å². The molecule has 5 N–H and O–H groups in total. The molecule has 1 heterocycles. The van der Waals surface area contributed by atoms with E-state index in [-0.39, 0.29) is 46.0 Å². The van der Waals surface area contributed by atoms with Crippen molar-refractivity contribution in [2.45, 2.75) is 13.0 Å². The molecule has 2 aromatic carbocycles. The van der Waals surface area contributed by atoms with Crippen molar-refractivity contribution in [2.75, 3.05) is 12.3 Å². The molecule has 0 aliphatic rings. The van der Waals surface area contributed by atoms with Crippen LogP contribution in [0, 0.1) is 5.82 Å². The highest BCUT2D eigenvalue weighted by Crippen LogP contribution is 2.35. The third kappa shape index (κ3) is 5.17. The Kier molecular flexibility index (Phi) is 7.10. The van der Waals surface area contributed by atoms with Crippen LogP contribution in [0.1, 0.15) is 21.7 Å². The predicted molar refractivity (Wildman–Crippen MR) is 115 cm³/mol. The Labute approximate surface area is 186 Å². The number of aromatic amines is 1. The van der Waals surface area contributed by atoms with Gasteiger partial charge in [-0.15, -0.1) is 0 Å². The lowest BCUT2D eigenvalue weighted by Gasteiger charge is -2.13. The van der Waals surface area contributed by atoms with Gasteiger partial charge in [-0.05, 0) is 24.3 Å². The Morgan fingerprint density at radius 2 is 1.93 bits per heavy atom. The molecular formula is C20H17Cl3FN3O3. The van der Waals surface area contributed by atoms with Gasteiger partial charge in [0, 0.05) is 47.6 Å². The number of aliphatic hydroxyl groups is 1. The zero-order chi connectivity index (χ0) is 21.8. The highest BCUT2D eigenvalue weighted by Gasteiger charge is 2.18. The zero-order valence-electron chi connectivity index (χ0n) is 15.4. The van der Waals surface area contributed by atoms with Crippen molar-refractivity contribution in [3.8, 4) is 11.5 Å². The molecule has 3 rings (SSSR count). The largest absolute Gasteiger partial charge is 0.453 e. The maximum atomic E-state index is 15.0. The first-order valence-electron chi connectivity index (χ1n) is 8.75. The second-order valence-corrected chi connectivity index (χ2v) is 7.60. The van der Waals surface area contributed by atoms with E-state index in [1.165, 1.54) is 30.3 Å². The van der Waals surface area contributed by atoms with Gasteiger partial charge in [0.05, 0.1) is 10.0 Å². The molecule has 0 spiro atoms. The quantitative estimate of drug-likeness (QED) is 0.365. The van der Waals surface area contributed by atoms with Gasteiger partial charge >= 0.3 is 0 Å². The topological polar surface area (TPSA) is 100 Å². The molecule has 1 aromatic heterocycles. The fourth-order valence-corrected chi connectivity index (χ4v) is 3.41. The van der Waals surface area contributed by atoms with Crippen molar-refractivity contribution >= 4 is 46.4 Å². The number of nitrogens with two attached hydrogens (primary N) is 1. The maximum Gasteiger partial charge on any atom is 0.269 e. The normalized spacial score (nSPS) is 10.8. The Hall–Kier alpha value is -2.45. The molecule has 10 heteroatoms. The van der Waals surface area contributed by atoms with E-state index in [4.69, 9.17) is 50.4 Å². The number of carbonyl (C=O) groups excluding carboxylic acids is 1. The average molecular weight is 473 g/mol. The number of aliphatic hydroxyl groups excluding tert-OH is 1. The fourth-order valence-electron chi connectivity index (χ4n) is 2.73. The van der Waals surface area contributed by atoms with Gasteiger partial charge in [-0.1, -0.05) is 40.9 Å². The summed E-state index contributed by atoms with van der Waals surface area (Å²) in [5.41, 5.74) is 6.96. The molecule has 0 radical (unpaired) electrons. The SMILES string of the molecule is Nc1cc(Cl)cc(Oc2c(Cl)ccc(CNC(=O)c3[nH]c(CCO)cc3Cl)c2F)c1. The van der Waals surface area contributed by atoms with Crippen LogP contribution in [-0.4, -0.2) is 22.6 Å². The summed E-state index contributed by atoms with van der Waals surface area (Å²) < 4.78 is 20.5. The Bertz CT molecular complexity index is 1070. The number of nitrogen functional groups attached to an aromatic ring is 1. The van der Waals surface area contributed by atoms with Crippen molar-refractivity contribution in [1.82, 2.24) is 10.3 Å². The summed E-state index contributed by atoms with van der Waals surface area (Å²) in [5.74, 6) is -1.26. The van der Waals surface area contributed by atoms with Crippen LogP contribution in [-0.2, 0) is 13.0 Å². The number of anilines is 1. The number of halogens is 4. The van der Waals surface area contributed by atoms with Gasteiger partial charge in [0.25, 0.3) is 5.91 Å². The molecule has 158 valence electrons. The molecule has 0 unspecified atom stereocenters. The summed E-state index contributed by atoms with van der Waals surface area (Å²) in [5, 5.41) is 12.1. The second-order valence-electron chi connectivity index (χ2n) is 6.35. The summed E-state index contributed by atoms with van der Waals surface area (Å²) in [7, 11) is 0. The predicted octanol–water partition coefficient (Wildman–Crippen LogP) is 4.95. The molecule has 3 aromatic rings. The molecule has 0 saturated carbocycles. The van der Waals surface area contributed by atoms with E-state index in [0.717, 1.165) is 0 Å². The average Bonchev–Trinajstić information content (AvgIpc) is 3.04. The minimum atomic E-state index is -0.736. The van der Waals surface area contributed by atoms with E-state index < -0.39 is 11.7 Å². The number of benzene rings is 2. The van der Waals surface area contributed by atoms with Gasteiger partial charge in [-0.25, -0.2) is 4.39 Å². The van der Waals surface area contributed by atoms with Gasteiger partial charge in [-0.2, -0.15) is 0 Å². The summed E-state index contributed by atoms with van der Waals surface area (Å²) in [6.07, 6.45) is 0.327. The zero-order valence-corrected chi connectivity index (χ0v) is 17.7. The number of carbonyl (C=O) groups is 1. The Balaban J connectivity index is 1.77. The number of aromatic nitrogens is 1. The lowest BCUT2D eigenvalue weighted by atomic mass is 10.2. The standard InChI is InChI=1S/C20H17Cl3FN3O3/c21-11-5-12(25)7-14(6-11)30-19-15(22)2-1-10(17(19)24)9-26-20(29)18-16(23)8-13(27-18)3-4-28/h1-2,5-8,27-28H,3-4,9,25H2,(H,26,29). The summed E-state index contributed by atoms with van der Waals surface area (Å²) >= 11 is 18.1. The van der Waals surface area contributed by atoms with Crippen molar-refractivity contribution in [2.24, 2.45) is 0 Å². The number of nitrogens with one attached hydrogen (secondary N) is 2. The molecule has 30 heavy (non-hydrogen) atoms. The van der Waals surface area contributed by atoms with Gasteiger partial charge in [-0.3, -0.25) is 4.79 Å². The molecule has 1 amide bonds. The molecule has 0 fully saturated rings.